The first kappa shape index (κ1) is 14.9. The van der Waals surface area contributed by atoms with Gasteiger partial charge in [0, 0.05) is 12.0 Å². The van der Waals surface area contributed by atoms with Crippen molar-refractivity contribution < 1.29 is 9.53 Å². The summed E-state index contributed by atoms with van der Waals surface area (Å²) in [5.41, 5.74) is 0.730. The monoisotopic (exact) mass is 308 g/mol. The summed E-state index contributed by atoms with van der Waals surface area (Å²) in [5.74, 6) is 0.665. The average molecular weight is 309 g/mol. The van der Waals surface area contributed by atoms with Gasteiger partial charge < -0.3 is 4.74 Å². The standard InChI is InChI=1S/C16H14Cl2O2/c17-13-8-4-10-15(16(13)18)20-11-5-9-14(19)12-6-2-1-3-7-12/h1-4,6-8,10H,5,9,11H2. The molecule has 0 spiro atoms. The molecule has 0 aliphatic carbocycles. The van der Waals surface area contributed by atoms with E-state index in [1.807, 2.05) is 30.3 Å². The fourth-order valence-corrected chi connectivity index (χ4v) is 2.13. The first-order valence-corrected chi connectivity index (χ1v) is 7.09. The quantitative estimate of drug-likeness (QED) is 0.552. The second-order valence-electron chi connectivity index (χ2n) is 4.29. The molecule has 0 aliphatic rings. The van der Waals surface area contributed by atoms with Gasteiger partial charge in [-0.1, -0.05) is 59.6 Å². The molecule has 0 heterocycles. The fraction of sp³-hybridized carbons (Fsp3) is 0.188. The third-order valence-electron chi connectivity index (χ3n) is 2.82. The zero-order chi connectivity index (χ0) is 14.4. The van der Waals surface area contributed by atoms with Crippen molar-refractivity contribution in [3.05, 3.63) is 64.1 Å². The molecule has 0 unspecified atom stereocenters. The van der Waals surface area contributed by atoms with E-state index in [2.05, 4.69) is 0 Å². The predicted octanol–water partition coefficient (Wildman–Crippen LogP) is 5.04. The van der Waals surface area contributed by atoms with Gasteiger partial charge in [0.25, 0.3) is 0 Å². The molecule has 0 aliphatic heterocycles. The number of Topliss-reactive ketones (excluding diaryl/α,β-unsaturated/α-hetero) is 1. The molecule has 2 aromatic carbocycles. The first-order chi connectivity index (χ1) is 9.68. The van der Waals surface area contributed by atoms with Crippen LogP contribution in [0.15, 0.2) is 48.5 Å². The van der Waals surface area contributed by atoms with Crippen molar-refractivity contribution in [3.63, 3.8) is 0 Å². The Hall–Kier alpha value is -1.51. The fourth-order valence-electron chi connectivity index (χ4n) is 1.78. The van der Waals surface area contributed by atoms with Crippen molar-refractivity contribution in [3.8, 4) is 5.75 Å². The van der Waals surface area contributed by atoms with E-state index in [1.54, 1.807) is 18.2 Å². The van der Waals surface area contributed by atoms with Crippen LogP contribution in [0.5, 0.6) is 5.75 Å². The van der Waals surface area contributed by atoms with Crippen LogP contribution in [0, 0.1) is 0 Å². The Morgan fingerprint density at radius 3 is 2.50 bits per heavy atom. The lowest BCUT2D eigenvalue weighted by atomic mass is 10.1. The van der Waals surface area contributed by atoms with E-state index in [1.165, 1.54) is 0 Å². The van der Waals surface area contributed by atoms with Crippen LogP contribution in [0.3, 0.4) is 0 Å². The van der Waals surface area contributed by atoms with Gasteiger partial charge in [-0.25, -0.2) is 0 Å². The van der Waals surface area contributed by atoms with E-state index in [-0.39, 0.29) is 5.78 Å². The topological polar surface area (TPSA) is 26.3 Å². The molecule has 0 radical (unpaired) electrons. The van der Waals surface area contributed by atoms with Crippen LogP contribution in [0.2, 0.25) is 10.0 Å². The van der Waals surface area contributed by atoms with Crippen molar-refractivity contribution in [1.82, 2.24) is 0 Å². The Morgan fingerprint density at radius 1 is 1.00 bits per heavy atom. The molecular weight excluding hydrogens is 295 g/mol. The number of ether oxygens (including phenoxy) is 1. The smallest absolute Gasteiger partial charge is 0.163 e. The summed E-state index contributed by atoms with van der Waals surface area (Å²) in [6.45, 7) is 0.429. The summed E-state index contributed by atoms with van der Waals surface area (Å²) in [6.07, 6.45) is 1.08. The van der Waals surface area contributed by atoms with Gasteiger partial charge in [-0.05, 0) is 18.6 Å². The molecule has 2 nitrogen and oxygen atoms in total. The molecule has 0 aromatic heterocycles. The Morgan fingerprint density at radius 2 is 1.75 bits per heavy atom. The summed E-state index contributed by atoms with van der Waals surface area (Å²) in [7, 11) is 0. The molecule has 0 saturated heterocycles. The third-order valence-corrected chi connectivity index (χ3v) is 3.62. The van der Waals surface area contributed by atoms with Gasteiger partial charge in [-0.3, -0.25) is 4.79 Å². The second-order valence-corrected chi connectivity index (χ2v) is 5.08. The predicted molar refractivity (Wildman–Crippen MR) is 82.0 cm³/mol. The van der Waals surface area contributed by atoms with Gasteiger partial charge in [0.2, 0.25) is 0 Å². The highest BCUT2D eigenvalue weighted by Crippen LogP contribution is 2.31. The van der Waals surface area contributed by atoms with E-state index < -0.39 is 0 Å². The van der Waals surface area contributed by atoms with Crippen LogP contribution in [-0.2, 0) is 0 Å². The van der Waals surface area contributed by atoms with E-state index in [0.29, 0.717) is 35.2 Å². The van der Waals surface area contributed by atoms with Crippen LogP contribution < -0.4 is 4.74 Å². The van der Waals surface area contributed by atoms with Crippen molar-refractivity contribution in [2.45, 2.75) is 12.8 Å². The Labute approximate surface area is 128 Å². The molecule has 0 amide bonds. The average Bonchev–Trinajstić information content (AvgIpc) is 2.48. The van der Waals surface area contributed by atoms with Crippen LogP contribution in [-0.4, -0.2) is 12.4 Å². The number of rotatable bonds is 6. The SMILES string of the molecule is O=C(CCCOc1cccc(Cl)c1Cl)c1ccccc1. The van der Waals surface area contributed by atoms with Crippen molar-refractivity contribution in [2.24, 2.45) is 0 Å². The minimum atomic E-state index is 0.117. The van der Waals surface area contributed by atoms with Gasteiger partial charge in [-0.15, -0.1) is 0 Å². The van der Waals surface area contributed by atoms with Crippen LogP contribution in [0.4, 0.5) is 0 Å². The normalized spacial score (nSPS) is 10.3. The maximum absolute atomic E-state index is 11.9. The zero-order valence-electron chi connectivity index (χ0n) is 10.8. The van der Waals surface area contributed by atoms with Crippen LogP contribution >= 0.6 is 23.2 Å². The summed E-state index contributed by atoms with van der Waals surface area (Å²) >= 11 is 11.9. The lowest BCUT2D eigenvalue weighted by Crippen LogP contribution is -2.04. The highest BCUT2D eigenvalue weighted by Gasteiger charge is 2.07. The minimum Gasteiger partial charge on any atom is -0.492 e. The van der Waals surface area contributed by atoms with E-state index in [0.717, 1.165) is 5.56 Å². The number of benzene rings is 2. The van der Waals surface area contributed by atoms with Gasteiger partial charge in [0.05, 0.1) is 11.6 Å². The van der Waals surface area contributed by atoms with Crippen molar-refractivity contribution in [2.75, 3.05) is 6.61 Å². The van der Waals surface area contributed by atoms with Crippen LogP contribution in [0.25, 0.3) is 0 Å². The number of hydrogen-bond acceptors (Lipinski definition) is 2. The maximum atomic E-state index is 11.9. The van der Waals surface area contributed by atoms with Gasteiger partial charge >= 0.3 is 0 Å². The molecule has 2 rings (SSSR count). The lowest BCUT2D eigenvalue weighted by molar-refractivity contribution is 0.0973. The molecule has 0 atom stereocenters. The summed E-state index contributed by atoms with van der Waals surface area (Å²) < 4.78 is 5.54. The number of hydrogen-bond donors (Lipinski definition) is 0. The largest absolute Gasteiger partial charge is 0.492 e. The molecule has 2 aromatic rings. The van der Waals surface area contributed by atoms with Crippen molar-refractivity contribution >= 4 is 29.0 Å². The maximum Gasteiger partial charge on any atom is 0.163 e. The van der Waals surface area contributed by atoms with Gasteiger partial charge in [-0.2, -0.15) is 0 Å². The minimum absolute atomic E-state index is 0.117. The second kappa shape index (κ2) is 7.32. The summed E-state index contributed by atoms with van der Waals surface area (Å²) in [5, 5.41) is 0.869. The van der Waals surface area contributed by atoms with E-state index >= 15 is 0 Å². The van der Waals surface area contributed by atoms with E-state index in [9.17, 15) is 4.79 Å². The van der Waals surface area contributed by atoms with Crippen LogP contribution in [0.1, 0.15) is 23.2 Å². The first-order valence-electron chi connectivity index (χ1n) is 6.33. The molecule has 20 heavy (non-hydrogen) atoms. The molecule has 0 saturated carbocycles. The summed E-state index contributed by atoms with van der Waals surface area (Å²) in [4.78, 5) is 11.9. The van der Waals surface area contributed by atoms with Crippen molar-refractivity contribution in [1.29, 1.82) is 0 Å². The molecule has 4 heteroatoms. The number of ketones is 1. The number of carbonyl (C=O) groups excluding carboxylic acids is 1. The third kappa shape index (κ3) is 3.99. The molecule has 104 valence electrons. The number of halogens is 2. The molecule has 0 fully saturated rings. The Bertz CT molecular complexity index is 582. The van der Waals surface area contributed by atoms with Gasteiger partial charge in [0.1, 0.15) is 10.8 Å². The highest BCUT2D eigenvalue weighted by atomic mass is 35.5. The number of carbonyl (C=O) groups is 1. The molecule has 0 bridgehead atoms. The zero-order valence-corrected chi connectivity index (χ0v) is 12.3. The molecular formula is C16H14Cl2O2. The molecule has 0 N–H and O–H groups in total. The highest BCUT2D eigenvalue weighted by molar-refractivity contribution is 6.42. The summed E-state index contributed by atoms with van der Waals surface area (Å²) in [6, 6.07) is 14.5. The lowest BCUT2D eigenvalue weighted by Gasteiger charge is -2.08. The Kier molecular flexibility index (Phi) is 5.45. The van der Waals surface area contributed by atoms with E-state index in [4.69, 9.17) is 27.9 Å². The van der Waals surface area contributed by atoms with Gasteiger partial charge in [0.15, 0.2) is 5.78 Å². The Balaban J connectivity index is 1.80.